The Bertz CT molecular complexity index is 695. The van der Waals surface area contributed by atoms with E-state index in [2.05, 4.69) is 22.1 Å². The van der Waals surface area contributed by atoms with Crippen molar-refractivity contribution in [2.24, 2.45) is 5.92 Å². The fourth-order valence-corrected chi connectivity index (χ4v) is 3.42. The first-order valence-electron chi connectivity index (χ1n) is 7.76. The Hall–Kier alpha value is -1.52. The molecule has 3 rings (SSSR count). The molecular formula is C17H22ClN3O. The van der Waals surface area contributed by atoms with E-state index in [0.717, 1.165) is 43.1 Å². The molecule has 2 N–H and O–H groups in total. The highest BCUT2D eigenvalue weighted by Gasteiger charge is 2.23. The van der Waals surface area contributed by atoms with Gasteiger partial charge >= 0.3 is 0 Å². The maximum atomic E-state index is 11.0. The van der Waals surface area contributed by atoms with Crippen LogP contribution in [0.15, 0.2) is 18.2 Å². The van der Waals surface area contributed by atoms with Gasteiger partial charge in [-0.2, -0.15) is 0 Å². The van der Waals surface area contributed by atoms with Crippen molar-refractivity contribution >= 4 is 28.4 Å². The number of carbonyl (C=O) groups excluding carboxylic acids is 1. The zero-order valence-electron chi connectivity index (χ0n) is 13.1. The second-order valence-electron chi connectivity index (χ2n) is 6.25. The highest BCUT2D eigenvalue weighted by Crippen LogP contribution is 2.27. The van der Waals surface area contributed by atoms with Gasteiger partial charge in [0.1, 0.15) is 0 Å². The number of amides is 1. The largest absolute Gasteiger partial charge is 0.357 e. The highest BCUT2D eigenvalue weighted by molar-refractivity contribution is 6.31. The maximum Gasteiger partial charge on any atom is 0.216 e. The van der Waals surface area contributed by atoms with Crippen LogP contribution >= 0.6 is 11.6 Å². The molecule has 22 heavy (non-hydrogen) atoms. The number of nitrogens with one attached hydrogen (secondary N) is 2. The Kier molecular flexibility index (Phi) is 4.41. The zero-order chi connectivity index (χ0) is 15.7. The van der Waals surface area contributed by atoms with Gasteiger partial charge in [-0.15, -0.1) is 0 Å². The van der Waals surface area contributed by atoms with E-state index in [1.54, 1.807) is 6.92 Å². The molecule has 1 atom stereocenters. The molecule has 2 aromatic rings. The third kappa shape index (κ3) is 3.28. The van der Waals surface area contributed by atoms with Gasteiger partial charge in [-0.25, -0.2) is 0 Å². The number of hydrogen-bond acceptors (Lipinski definition) is 2. The number of hydrogen-bond donors (Lipinski definition) is 2. The molecule has 0 aliphatic carbocycles. The molecule has 0 unspecified atom stereocenters. The summed E-state index contributed by atoms with van der Waals surface area (Å²) in [5, 5.41) is 4.90. The van der Waals surface area contributed by atoms with Crippen molar-refractivity contribution in [3.63, 3.8) is 0 Å². The van der Waals surface area contributed by atoms with Crippen LogP contribution in [0.5, 0.6) is 0 Å². The third-order valence-electron chi connectivity index (χ3n) is 4.52. The van der Waals surface area contributed by atoms with Crippen LogP contribution in [0.25, 0.3) is 10.9 Å². The average Bonchev–Trinajstić information content (AvgIpc) is 3.04. The number of aryl methyl sites for hydroxylation is 1. The molecule has 1 aromatic heterocycles. The quantitative estimate of drug-likeness (QED) is 0.909. The number of aromatic amines is 1. The van der Waals surface area contributed by atoms with Crippen LogP contribution in [-0.2, 0) is 11.3 Å². The van der Waals surface area contributed by atoms with Gasteiger partial charge in [0.15, 0.2) is 0 Å². The Labute approximate surface area is 135 Å². The number of halogens is 1. The van der Waals surface area contributed by atoms with Crippen LogP contribution in [0.3, 0.4) is 0 Å². The summed E-state index contributed by atoms with van der Waals surface area (Å²) in [4.78, 5) is 17.0. The summed E-state index contributed by atoms with van der Waals surface area (Å²) in [6.07, 6.45) is 1.14. The molecule has 2 heterocycles. The number of likely N-dealkylation sites (tertiary alicyclic amines) is 1. The van der Waals surface area contributed by atoms with Gasteiger partial charge in [0.2, 0.25) is 5.91 Å². The van der Waals surface area contributed by atoms with Gasteiger partial charge in [0.05, 0.1) is 0 Å². The fourth-order valence-electron chi connectivity index (χ4n) is 3.25. The Morgan fingerprint density at radius 2 is 2.32 bits per heavy atom. The second-order valence-corrected chi connectivity index (χ2v) is 6.68. The molecule has 1 aliphatic rings. The molecule has 0 bridgehead atoms. The van der Waals surface area contributed by atoms with E-state index < -0.39 is 0 Å². The minimum atomic E-state index is 0.0572. The van der Waals surface area contributed by atoms with Crippen LogP contribution in [0.1, 0.15) is 24.6 Å². The molecule has 1 aromatic carbocycles. The molecular weight excluding hydrogens is 298 g/mol. The van der Waals surface area contributed by atoms with Gasteiger partial charge in [0, 0.05) is 48.2 Å². The van der Waals surface area contributed by atoms with Crippen molar-refractivity contribution in [2.45, 2.75) is 26.8 Å². The minimum absolute atomic E-state index is 0.0572. The lowest BCUT2D eigenvalue weighted by Crippen LogP contribution is -2.29. The van der Waals surface area contributed by atoms with E-state index in [-0.39, 0.29) is 5.91 Å². The summed E-state index contributed by atoms with van der Waals surface area (Å²) in [6, 6.07) is 5.98. The van der Waals surface area contributed by atoms with Crippen molar-refractivity contribution in [1.29, 1.82) is 0 Å². The number of carbonyl (C=O) groups is 1. The van der Waals surface area contributed by atoms with Crippen molar-refractivity contribution in [1.82, 2.24) is 15.2 Å². The highest BCUT2D eigenvalue weighted by atomic mass is 35.5. The summed E-state index contributed by atoms with van der Waals surface area (Å²) < 4.78 is 0. The second kappa shape index (κ2) is 6.31. The van der Waals surface area contributed by atoms with Gasteiger partial charge in [-0.1, -0.05) is 11.6 Å². The van der Waals surface area contributed by atoms with Crippen LogP contribution in [0.4, 0.5) is 0 Å². The van der Waals surface area contributed by atoms with Crippen LogP contribution in [0.2, 0.25) is 5.02 Å². The normalized spacial score (nSPS) is 19.0. The molecule has 0 spiro atoms. The fraction of sp³-hybridized carbons (Fsp3) is 0.471. The summed E-state index contributed by atoms with van der Waals surface area (Å²) in [7, 11) is 0. The van der Waals surface area contributed by atoms with Crippen molar-refractivity contribution in [3.8, 4) is 0 Å². The predicted molar refractivity (Wildman–Crippen MR) is 90.1 cm³/mol. The van der Waals surface area contributed by atoms with E-state index in [1.807, 2.05) is 18.2 Å². The van der Waals surface area contributed by atoms with Crippen LogP contribution < -0.4 is 5.32 Å². The molecule has 1 aliphatic heterocycles. The molecule has 1 amide bonds. The minimum Gasteiger partial charge on any atom is -0.357 e. The number of nitrogens with zero attached hydrogens (tertiary/aromatic N) is 1. The van der Waals surface area contributed by atoms with E-state index >= 15 is 0 Å². The molecule has 5 heteroatoms. The summed E-state index contributed by atoms with van der Waals surface area (Å²) >= 11 is 6.09. The van der Waals surface area contributed by atoms with Crippen LogP contribution in [0, 0.1) is 12.8 Å². The molecule has 4 nitrogen and oxygen atoms in total. The average molecular weight is 320 g/mol. The molecule has 0 radical (unpaired) electrons. The van der Waals surface area contributed by atoms with Crippen molar-refractivity contribution in [3.05, 3.63) is 34.5 Å². The molecule has 118 valence electrons. The first-order chi connectivity index (χ1) is 10.5. The van der Waals surface area contributed by atoms with Gasteiger partial charge in [-0.05, 0) is 49.6 Å². The summed E-state index contributed by atoms with van der Waals surface area (Å²) in [5.74, 6) is 0.616. The monoisotopic (exact) mass is 319 g/mol. The Balaban J connectivity index is 1.67. The van der Waals surface area contributed by atoms with E-state index in [0.29, 0.717) is 5.92 Å². The van der Waals surface area contributed by atoms with Gasteiger partial charge < -0.3 is 10.3 Å². The topological polar surface area (TPSA) is 48.1 Å². The summed E-state index contributed by atoms with van der Waals surface area (Å²) in [6.45, 7) is 7.55. The SMILES string of the molecule is CC(=O)NC[C@H]1CCN(Cc2[nH]c3ccc(Cl)cc3c2C)C1. The molecule has 1 fully saturated rings. The lowest BCUT2D eigenvalue weighted by atomic mass is 10.1. The van der Waals surface area contributed by atoms with E-state index in [1.165, 1.54) is 16.6 Å². The lowest BCUT2D eigenvalue weighted by Gasteiger charge is -2.16. The number of aromatic nitrogens is 1. The first-order valence-corrected chi connectivity index (χ1v) is 8.14. The third-order valence-corrected chi connectivity index (χ3v) is 4.75. The van der Waals surface area contributed by atoms with Gasteiger partial charge in [0.25, 0.3) is 0 Å². The van der Waals surface area contributed by atoms with Crippen LogP contribution in [-0.4, -0.2) is 35.4 Å². The predicted octanol–water partition coefficient (Wildman–Crippen LogP) is 3.09. The Morgan fingerprint density at radius 1 is 1.50 bits per heavy atom. The molecule has 1 saturated heterocycles. The first kappa shape index (κ1) is 15.4. The number of rotatable bonds is 4. The van der Waals surface area contributed by atoms with Crippen molar-refractivity contribution in [2.75, 3.05) is 19.6 Å². The number of benzene rings is 1. The standard InChI is InChI=1S/C17H22ClN3O/c1-11-15-7-14(18)3-4-16(15)20-17(11)10-21-6-5-13(9-21)8-19-12(2)22/h3-4,7,13,20H,5-6,8-10H2,1-2H3,(H,19,22)/t13-/m1/s1. The van der Waals surface area contributed by atoms with E-state index in [4.69, 9.17) is 11.6 Å². The molecule has 0 saturated carbocycles. The number of H-pyrrole nitrogens is 1. The Morgan fingerprint density at radius 3 is 3.09 bits per heavy atom. The van der Waals surface area contributed by atoms with Gasteiger partial charge in [-0.3, -0.25) is 9.69 Å². The zero-order valence-corrected chi connectivity index (χ0v) is 13.8. The van der Waals surface area contributed by atoms with E-state index in [9.17, 15) is 4.79 Å². The maximum absolute atomic E-state index is 11.0. The smallest absolute Gasteiger partial charge is 0.216 e. The lowest BCUT2D eigenvalue weighted by molar-refractivity contribution is -0.119. The van der Waals surface area contributed by atoms with Crippen molar-refractivity contribution < 1.29 is 4.79 Å². The summed E-state index contributed by atoms with van der Waals surface area (Å²) in [5.41, 5.74) is 3.69. The number of fused-ring (bicyclic) bond motifs is 1.